The third-order valence-electron chi connectivity index (χ3n) is 5.19. The Morgan fingerprint density at radius 2 is 1.89 bits per heavy atom. The van der Waals surface area contributed by atoms with Crippen LogP contribution in [-0.2, 0) is 9.84 Å². The van der Waals surface area contributed by atoms with Crippen LogP contribution in [0.5, 0.6) is 5.75 Å². The van der Waals surface area contributed by atoms with Crippen molar-refractivity contribution in [2.45, 2.75) is 51.4 Å². The molecule has 1 aliphatic heterocycles. The lowest BCUT2D eigenvalue weighted by Crippen LogP contribution is -2.29. The van der Waals surface area contributed by atoms with E-state index in [0.29, 0.717) is 18.4 Å². The average molecular weight is 395 g/mol. The van der Waals surface area contributed by atoms with Crippen molar-refractivity contribution in [2.75, 3.05) is 12.4 Å². The predicted octanol–water partition coefficient (Wildman–Crippen LogP) is 3.07. The molecule has 1 heterocycles. The molecule has 0 saturated heterocycles. The summed E-state index contributed by atoms with van der Waals surface area (Å²) in [6.07, 6.45) is 3.00. The zero-order valence-electron chi connectivity index (χ0n) is 16.2. The van der Waals surface area contributed by atoms with Crippen molar-refractivity contribution in [1.82, 2.24) is 0 Å². The molecule has 0 saturated carbocycles. The molecule has 150 valence electrons. The van der Waals surface area contributed by atoms with Crippen LogP contribution >= 0.6 is 0 Å². The average Bonchev–Trinajstić information content (AvgIpc) is 2.90. The Balaban J connectivity index is 2.17. The first-order valence-corrected chi connectivity index (χ1v) is 11.1. The molecule has 0 spiro atoms. The van der Waals surface area contributed by atoms with Crippen LogP contribution in [0.1, 0.15) is 45.6 Å². The number of benzene rings is 1. The Morgan fingerprint density at radius 1 is 1.26 bits per heavy atom. The van der Waals surface area contributed by atoms with Gasteiger partial charge in [-0.05, 0) is 54.0 Å². The van der Waals surface area contributed by atoms with Crippen LogP contribution in [0.3, 0.4) is 0 Å². The molecule has 6 heteroatoms. The Bertz CT molecular complexity index is 803. The highest BCUT2D eigenvalue weighted by Gasteiger charge is 2.41. The Labute approximate surface area is 162 Å². The minimum Gasteiger partial charge on any atom is -0.508 e. The van der Waals surface area contributed by atoms with Gasteiger partial charge in [-0.1, -0.05) is 44.6 Å². The monoisotopic (exact) mass is 394 g/mol. The number of sulfone groups is 1. The van der Waals surface area contributed by atoms with E-state index in [1.54, 1.807) is 12.1 Å². The van der Waals surface area contributed by atoms with E-state index in [4.69, 9.17) is 0 Å². The molecule has 0 radical (unpaired) electrons. The molecule has 0 unspecified atom stereocenters. The molecule has 2 atom stereocenters. The van der Waals surface area contributed by atoms with Crippen LogP contribution < -0.4 is 0 Å². The van der Waals surface area contributed by atoms with E-state index in [9.17, 15) is 23.7 Å². The van der Waals surface area contributed by atoms with Gasteiger partial charge in [0.25, 0.3) is 0 Å². The Morgan fingerprint density at radius 3 is 2.41 bits per heavy atom. The molecule has 0 amide bonds. The molecule has 0 aromatic heterocycles. The summed E-state index contributed by atoms with van der Waals surface area (Å²) in [6, 6.07) is 6.91. The second-order valence-corrected chi connectivity index (χ2v) is 9.60. The summed E-state index contributed by atoms with van der Waals surface area (Å²) in [6.45, 7) is 5.38. The van der Waals surface area contributed by atoms with Crippen LogP contribution in [0, 0.1) is 5.92 Å². The van der Waals surface area contributed by atoms with Gasteiger partial charge in [0.05, 0.1) is 18.5 Å². The molecule has 1 aromatic carbocycles. The maximum atomic E-state index is 12.3. The van der Waals surface area contributed by atoms with Crippen molar-refractivity contribution in [2.24, 2.45) is 5.92 Å². The number of allylic oxidation sites excluding steroid dienone is 1. The number of hydrogen-bond acceptors (Lipinski definition) is 5. The van der Waals surface area contributed by atoms with Crippen molar-refractivity contribution in [3.05, 3.63) is 46.5 Å². The maximum absolute atomic E-state index is 12.3. The molecule has 0 aliphatic carbocycles. The number of phenolic OH excluding ortho intramolecular Hbond substituents is 1. The first-order chi connectivity index (χ1) is 12.7. The first kappa shape index (κ1) is 21.7. The van der Waals surface area contributed by atoms with Crippen molar-refractivity contribution < 1.29 is 23.7 Å². The quantitative estimate of drug-likeness (QED) is 0.589. The Hall–Kier alpha value is -1.63. The van der Waals surface area contributed by atoms with Gasteiger partial charge in [-0.2, -0.15) is 0 Å². The van der Waals surface area contributed by atoms with Crippen molar-refractivity contribution in [3.8, 4) is 5.75 Å². The van der Waals surface area contributed by atoms with Gasteiger partial charge in [0, 0.05) is 0 Å². The van der Waals surface area contributed by atoms with E-state index >= 15 is 0 Å². The van der Waals surface area contributed by atoms with Crippen molar-refractivity contribution >= 4 is 15.9 Å². The fourth-order valence-electron chi connectivity index (χ4n) is 3.58. The number of phenols is 1. The lowest BCUT2D eigenvalue weighted by Gasteiger charge is -2.20. The largest absolute Gasteiger partial charge is 0.508 e. The zero-order chi connectivity index (χ0) is 20.2. The number of aromatic hydroxyl groups is 1. The third-order valence-corrected chi connectivity index (χ3v) is 7.17. The van der Waals surface area contributed by atoms with Crippen molar-refractivity contribution in [1.29, 1.82) is 0 Å². The first-order valence-electron chi connectivity index (χ1n) is 9.41. The topological polar surface area (TPSA) is 94.8 Å². The molecule has 0 bridgehead atoms. The highest BCUT2D eigenvalue weighted by molar-refractivity contribution is 7.92. The highest BCUT2D eigenvalue weighted by atomic mass is 32.2. The van der Waals surface area contributed by atoms with E-state index < -0.39 is 27.8 Å². The van der Waals surface area contributed by atoms with Crippen LogP contribution in [0.2, 0.25) is 0 Å². The molecular weight excluding hydrogens is 364 g/mol. The zero-order valence-corrected chi connectivity index (χ0v) is 17.0. The molecule has 1 aliphatic rings. The fraction of sp³-hybridized carbons (Fsp3) is 0.524. The van der Waals surface area contributed by atoms with Crippen LogP contribution in [0.4, 0.5) is 0 Å². The van der Waals surface area contributed by atoms with Gasteiger partial charge in [0.2, 0.25) is 0 Å². The van der Waals surface area contributed by atoms with Gasteiger partial charge in [0.15, 0.2) is 9.84 Å². The molecule has 1 aromatic rings. The molecule has 3 N–H and O–H groups in total. The summed E-state index contributed by atoms with van der Waals surface area (Å²) in [7, 11) is -3.44. The van der Waals surface area contributed by atoms with Gasteiger partial charge in [-0.15, -0.1) is 0 Å². The normalized spacial score (nSPS) is 21.1. The number of hydrogen-bond donors (Lipinski definition) is 3. The number of rotatable bonds is 8. The van der Waals surface area contributed by atoms with E-state index in [2.05, 4.69) is 0 Å². The van der Waals surface area contributed by atoms with E-state index in [1.807, 2.05) is 39.0 Å². The van der Waals surface area contributed by atoms with Crippen molar-refractivity contribution in [3.63, 3.8) is 0 Å². The Kier molecular flexibility index (Phi) is 7.25. The molecule has 5 nitrogen and oxygen atoms in total. The summed E-state index contributed by atoms with van der Waals surface area (Å²) in [5, 5.41) is 28.7. The highest BCUT2D eigenvalue weighted by Crippen LogP contribution is 2.35. The summed E-state index contributed by atoms with van der Waals surface area (Å²) in [4.78, 5) is 0. The van der Waals surface area contributed by atoms with E-state index in [1.165, 1.54) is 0 Å². The fourth-order valence-corrected chi connectivity index (χ4v) is 5.63. The second-order valence-electron chi connectivity index (χ2n) is 7.42. The number of aliphatic hydroxyl groups is 2. The van der Waals surface area contributed by atoms with Gasteiger partial charge in [0.1, 0.15) is 11.0 Å². The second kappa shape index (κ2) is 9.04. The van der Waals surface area contributed by atoms with Gasteiger partial charge >= 0.3 is 0 Å². The summed E-state index contributed by atoms with van der Waals surface area (Å²) in [5.74, 6) is 0.150. The van der Waals surface area contributed by atoms with Crippen LogP contribution in [0.25, 0.3) is 6.08 Å². The lowest BCUT2D eigenvalue weighted by atomic mass is 9.90. The molecule has 2 rings (SSSR count). The SMILES string of the molecule is CC/C(=C\c1ccc(O)cc1)CC[C@@H](O)C1=C(C(C)C)CS(=O)(=O)[C@H]1CO. The van der Waals surface area contributed by atoms with Gasteiger partial charge < -0.3 is 15.3 Å². The third kappa shape index (κ3) is 5.21. The predicted molar refractivity (Wildman–Crippen MR) is 108 cm³/mol. The van der Waals surface area contributed by atoms with Gasteiger partial charge in [-0.25, -0.2) is 8.42 Å². The smallest absolute Gasteiger partial charge is 0.163 e. The minimum atomic E-state index is -3.44. The van der Waals surface area contributed by atoms with E-state index in [-0.39, 0.29) is 17.4 Å². The maximum Gasteiger partial charge on any atom is 0.163 e. The summed E-state index contributed by atoms with van der Waals surface area (Å²) in [5.41, 5.74) is 3.33. The lowest BCUT2D eigenvalue weighted by molar-refractivity contribution is 0.187. The van der Waals surface area contributed by atoms with Gasteiger partial charge in [-0.3, -0.25) is 0 Å². The van der Waals surface area contributed by atoms with Crippen LogP contribution in [0.15, 0.2) is 41.0 Å². The standard InChI is InChI=1S/C21H30O5S/c1-4-15(11-16-5-8-17(23)9-6-16)7-10-19(24)21-18(14(2)3)13-27(25,26)20(21)12-22/h5-6,8-9,11,14,19-20,22-24H,4,7,10,12-13H2,1-3H3/b15-11+/t19-,20+/m1/s1. The summed E-state index contributed by atoms with van der Waals surface area (Å²) >= 11 is 0. The number of aliphatic hydroxyl groups excluding tert-OH is 2. The van der Waals surface area contributed by atoms with Crippen LogP contribution in [-0.4, -0.2) is 47.5 Å². The molecule has 27 heavy (non-hydrogen) atoms. The summed E-state index contributed by atoms with van der Waals surface area (Å²) < 4.78 is 24.7. The molecule has 0 fully saturated rings. The minimum absolute atomic E-state index is 0.0131. The molecular formula is C21H30O5S. The van der Waals surface area contributed by atoms with E-state index in [0.717, 1.165) is 23.1 Å².